The number of rotatable bonds is 6. The van der Waals surface area contributed by atoms with Gasteiger partial charge in [0.25, 0.3) is 0 Å². The predicted molar refractivity (Wildman–Crippen MR) is 133 cm³/mol. The molecule has 1 aromatic heterocycles. The first-order valence-corrected chi connectivity index (χ1v) is 11.4. The Balaban J connectivity index is 0.00000158. The minimum absolute atomic E-state index is 0.0943. The number of carbonyl (C=O) groups excluding carboxylic acids is 1. The molecule has 1 fully saturated rings. The largest absolute Gasteiger partial charge is 0.490 e. The monoisotopic (exact) mass is 466 g/mol. The quantitative estimate of drug-likeness (QED) is 0.556. The number of amides is 1. The molecule has 1 N–H and O–H groups in total. The zero-order chi connectivity index (χ0) is 24.8. The molecule has 1 aliphatic rings. The van der Waals surface area contributed by atoms with Crippen LogP contribution in [0.2, 0.25) is 0 Å². The number of hydrogen-bond acceptors (Lipinski definition) is 5. The van der Waals surface area contributed by atoms with Crippen LogP contribution in [0.1, 0.15) is 43.4 Å². The number of hydrogen-bond donors (Lipinski definition) is 1. The van der Waals surface area contributed by atoms with E-state index in [9.17, 15) is 14.0 Å². The second kappa shape index (κ2) is 11.0. The lowest BCUT2D eigenvalue weighted by Gasteiger charge is -2.20. The summed E-state index contributed by atoms with van der Waals surface area (Å²) in [6, 6.07) is 10.5. The van der Waals surface area contributed by atoms with Gasteiger partial charge in [0.05, 0.1) is 19.9 Å². The van der Waals surface area contributed by atoms with E-state index >= 15 is 0 Å². The lowest BCUT2D eigenvalue weighted by atomic mass is 10.1. The molecule has 0 atom stereocenters. The van der Waals surface area contributed by atoms with Crippen molar-refractivity contribution < 1.29 is 13.9 Å². The third-order valence-electron chi connectivity index (χ3n) is 5.49. The average molecular weight is 467 g/mol. The predicted octanol–water partition coefficient (Wildman–Crippen LogP) is 4.95. The molecule has 7 nitrogen and oxygen atoms in total. The molecule has 180 valence electrons. The maximum atomic E-state index is 13.9. The fraction of sp³-hybridized carbons (Fsp3) is 0.346. The molecule has 0 spiro atoms. The summed E-state index contributed by atoms with van der Waals surface area (Å²) < 4.78 is 20.8. The van der Waals surface area contributed by atoms with Gasteiger partial charge in [-0.2, -0.15) is 4.98 Å². The number of carbonyl (C=O) groups is 1. The van der Waals surface area contributed by atoms with Crippen molar-refractivity contribution in [3.63, 3.8) is 0 Å². The Labute approximate surface area is 199 Å². The molecule has 8 heteroatoms. The fourth-order valence-electron chi connectivity index (χ4n) is 3.89. The van der Waals surface area contributed by atoms with E-state index in [-0.39, 0.29) is 24.0 Å². The first-order valence-electron chi connectivity index (χ1n) is 11.4. The third-order valence-corrected chi connectivity index (χ3v) is 5.49. The molecule has 1 amide bonds. The van der Waals surface area contributed by atoms with Crippen molar-refractivity contribution in [2.24, 2.45) is 0 Å². The molecule has 0 aliphatic carbocycles. The molecule has 0 bridgehead atoms. The topological polar surface area (TPSA) is 76.5 Å². The first-order chi connectivity index (χ1) is 16.3. The molecule has 0 unspecified atom stereocenters. The summed E-state index contributed by atoms with van der Waals surface area (Å²) in [5.74, 6) is 0.164. The summed E-state index contributed by atoms with van der Waals surface area (Å²) >= 11 is 0. The number of ether oxygens (including phenoxy) is 1. The standard InChI is InChI=1S/C24H25FN4O3.C2H6/c1-15-9-17(11-18(25)10-15)13-28-14-21(32-3)23(31)27-24(28)26-20-12-19(7-6-16(20)2)29-8-4-5-22(29)30;1-2/h6-7,9-12,14H,4-5,8,13H2,1-3H3,(H,26,27,31);1-2H3. The molecular formula is C26H31FN4O3. The molecule has 1 saturated heterocycles. The van der Waals surface area contributed by atoms with Crippen LogP contribution in [0, 0.1) is 19.7 Å². The fourth-order valence-corrected chi connectivity index (χ4v) is 3.89. The number of aromatic nitrogens is 2. The molecule has 0 saturated carbocycles. The Morgan fingerprint density at radius 2 is 1.88 bits per heavy atom. The van der Waals surface area contributed by atoms with Crippen molar-refractivity contribution >= 4 is 23.2 Å². The molecule has 3 aromatic rings. The van der Waals surface area contributed by atoms with Crippen molar-refractivity contribution in [2.75, 3.05) is 23.9 Å². The maximum absolute atomic E-state index is 13.9. The summed E-state index contributed by atoms with van der Waals surface area (Å²) in [5, 5.41) is 3.23. The summed E-state index contributed by atoms with van der Waals surface area (Å²) in [5.41, 5.74) is 3.47. The maximum Gasteiger partial charge on any atom is 0.316 e. The van der Waals surface area contributed by atoms with Crippen LogP contribution in [-0.4, -0.2) is 29.1 Å². The van der Waals surface area contributed by atoms with Gasteiger partial charge in [-0.1, -0.05) is 26.0 Å². The minimum atomic E-state index is -0.509. The molecule has 2 heterocycles. The van der Waals surface area contributed by atoms with Crippen molar-refractivity contribution in [1.29, 1.82) is 0 Å². The van der Waals surface area contributed by atoms with Gasteiger partial charge < -0.3 is 19.5 Å². The average Bonchev–Trinajstić information content (AvgIpc) is 3.23. The molecule has 2 aromatic carbocycles. The second-order valence-electron chi connectivity index (χ2n) is 7.98. The summed E-state index contributed by atoms with van der Waals surface area (Å²) in [7, 11) is 1.41. The van der Waals surface area contributed by atoms with Gasteiger partial charge in [-0.05, 0) is 61.2 Å². The zero-order valence-corrected chi connectivity index (χ0v) is 20.3. The lowest BCUT2D eigenvalue weighted by Crippen LogP contribution is -2.24. The van der Waals surface area contributed by atoms with Gasteiger partial charge in [-0.15, -0.1) is 0 Å². The summed E-state index contributed by atoms with van der Waals surface area (Å²) in [6.45, 7) is 8.73. The molecule has 4 rings (SSSR count). The van der Waals surface area contributed by atoms with Crippen LogP contribution in [0.3, 0.4) is 0 Å². The van der Waals surface area contributed by atoms with Crippen LogP contribution >= 0.6 is 0 Å². The number of nitrogens with zero attached hydrogens (tertiary/aromatic N) is 3. The van der Waals surface area contributed by atoms with E-state index in [1.54, 1.807) is 15.7 Å². The van der Waals surface area contributed by atoms with Gasteiger partial charge >= 0.3 is 5.56 Å². The van der Waals surface area contributed by atoms with E-state index in [1.165, 1.54) is 19.2 Å². The van der Waals surface area contributed by atoms with E-state index in [0.29, 0.717) is 18.9 Å². The normalized spacial score (nSPS) is 12.9. The van der Waals surface area contributed by atoms with Crippen molar-refractivity contribution in [3.8, 4) is 5.75 Å². The summed E-state index contributed by atoms with van der Waals surface area (Å²) in [4.78, 5) is 30.5. The number of anilines is 3. The minimum Gasteiger partial charge on any atom is -0.490 e. The Morgan fingerprint density at radius 1 is 1.12 bits per heavy atom. The highest BCUT2D eigenvalue weighted by Gasteiger charge is 2.22. The van der Waals surface area contributed by atoms with Crippen LogP contribution in [-0.2, 0) is 11.3 Å². The van der Waals surface area contributed by atoms with Crippen LogP contribution in [0.15, 0.2) is 47.4 Å². The number of aryl methyl sites for hydroxylation is 2. The van der Waals surface area contributed by atoms with Crippen LogP contribution < -0.4 is 20.5 Å². The van der Waals surface area contributed by atoms with Gasteiger partial charge in [-0.3, -0.25) is 9.59 Å². The number of halogens is 1. The van der Waals surface area contributed by atoms with Gasteiger partial charge in [0, 0.05) is 24.3 Å². The summed E-state index contributed by atoms with van der Waals surface area (Å²) in [6.07, 6.45) is 2.94. The van der Waals surface area contributed by atoms with Crippen LogP contribution in [0.25, 0.3) is 0 Å². The van der Waals surface area contributed by atoms with Crippen molar-refractivity contribution in [1.82, 2.24) is 9.55 Å². The van der Waals surface area contributed by atoms with E-state index < -0.39 is 5.56 Å². The SMILES string of the molecule is CC.COc1cn(Cc2cc(C)cc(F)c2)c(Nc2cc(N3CCCC3=O)ccc2C)nc1=O. The Bertz CT molecular complexity index is 1220. The van der Waals surface area contributed by atoms with Gasteiger partial charge in [0.15, 0.2) is 0 Å². The highest BCUT2D eigenvalue weighted by molar-refractivity contribution is 5.96. The van der Waals surface area contributed by atoms with E-state index in [4.69, 9.17) is 4.74 Å². The van der Waals surface area contributed by atoms with Crippen LogP contribution in [0.4, 0.5) is 21.7 Å². The molecule has 1 aliphatic heterocycles. The molecule has 0 radical (unpaired) electrons. The van der Waals surface area contributed by atoms with Gasteiger partial charge in [0.1, 0.15) is 5.82 Å². The Morgan fingerprint density at radius 3 is 2.53 bits per heavy atom. The Hall–Kier alpha value is -3.68. The lowest BCUT2D eigenvalue weighted by molar-refractivity contribution is -0.117. The van der Waals surface area contributed by atoms with Gasteiger partial charge in [0.2, 0.25) is 17.6 Å². The molecule has 34 heavy (non-hydrogen) atoms. The number of benzene rings is 2. The van der Waals surface area contributed by atoms with E-state index in [2.05, 4.69) is 10.3 Å². The molecular weight excluding hydrogens is 435 g/mol. The second-order valence-corrected chi connectivity index (χ2v) is 7.98. The van der Waals surface area contributed by atoms with Crippen LogP contribution in [0.5, 0.6) is 5.75 Å². The number of methoxy groups -OCH3 is 1. The van der Waals surface area contributed by atoms with Gasteiger partial charge in [-0.25, -0.2) is 4.39 Å². The zero-order valence-electron chi connectivity index (χ0n) is 20.3. The van der Waals surface area contributed by atoms with Crippen molar-refractivity contribution in [3.05, 3.63) is 75.5 Å². The number of nitrogens with one attached hydrogen (secondary N) is 1. The Kier molecular flexibility index (Phi) is 8.04. The van der Waals surface area contributed by atoms with E-state index in [1.807, 2.05) is 52.0 Å². The highest BCUT2D eigenvalue weighted by atomic mass is 19.1. The third kappa shape index (κ3) is 5.62. The smallest absolute Gasteiger partial charge is 0.316 e. The van der Waals surface area contributed by atoms with E-state index in [0.717, 1.165) is 34.5 Å². The highest BCUT2D eigenvalue weighted by Crippen LogP contribution is 2.28. The first kappa shape index (κ1) is 25.0. The van der Waals surface area contributed by atoms with Crippen molar-refractivity contribution in [2.45, 2.75) is 47.1 Å².